The van der Waals surface area contributed by atoms with E-state index in [1.54, 1.807) is 6.20 Å². The molecule has 1 atom stereocenters. The Morgan fingerprint density at radius 1 is 1.03 bits per heavy atom. The molecule has 1 aliphatic rings. The predicted octanol–water partition coefficient (Wildman–Crippen LogP) is 4.94. The van der Waals surface area contributed by atoms with Gasteiger partial charge in [0, 0.05) is 46.9 Å². The van der Waals surface area contributed by atoms with Gasteiger partial charge in [0.1, 0.15) is 0 Å². The second-order valence-corrected chi connectivity index (χ2v) is 7.52. The first-order valence-electron chi connectivity index (χ1n) is 10.1. The summed E-state index contributed by atoms with van der Waals surface area (Å²) in [6, 6.07) is 18.7. The summed E-state index contributed by atoms with van der Waals surface area (Å²) < 4.78 is 0. The van der Waals surface area contributed by atoms with E-state index in [0.29, 0.717) is 0 Å². The Balaban J connectivity index is 1.21. The zero-order valence-corrected chi connectivity index (χ0v) is 16.2. The highest BCUT2D eigenvalue weighted by atomic mass is 16.3. The number of aliphatic hydroxyl groups is 1. The lowest BCUT2D eigenvalue weighted by Crippen LogP contribution is -2.04. The van der Waals surface area contributed by atoms with Gasteiger partial charge in [0.2, 0.25) is 0 Å². The van der Waals surface area contributed by atoms with Crippen LogP contribution in [0.3, 0.4) is 0 Å². The van der Waals surface area contributed by atoms with Crippen LogP contribution in [0.25, 0.3) is 10.9 Å². The van der Waals surface area contributed by atoms with Crippen LogP contribution in [-0.2, 0) is 12.8 Å². The Bertz CT molecular complexity index is 1130. The first kappa shape index (κ1) is 17.8. The van der Waals surface area contributed by atoms with Crippen LogP contribution in [0, 0.1) is 0 Å². The van der Waals surface area contributed by atoms with Crippen LogP contribution in [0.15, 0.2) is 67.0 Å². The maximum absolute atomic E-state index is 10.0. The van der Waals surface area contributed by atoms with Crippen LogP contribution >= 0.6 is 0 Å². The predicted molar refractivity (Wildman–Crippen MR) is 118 cm³/mol. The maximum Gasteiger partial charge on any atom is 0.0966 e. The Morgan fingerprint density at radius 3 is 2.76 bits per heavy atom. The standard InChI is InChI=1S/C24H24N4O/c29-23-10-9-20-22(12-14-26-24(20)23)28-18-7-5-17(6-8-18)25-13-11-16-15-27-21-4-2-1-3-19(16)21/h1-8,12,14-15,23,25,27,29H,9-11,13H2,(H,26,28)/t23-/m0/s1. The number of H-pyrrole nitrogens is 1. The molecule has 0 aliphatic heterocycles. The van der Waals surface area contributed by atoms with E-state index in [1.165, 1.54) is 16.5 Å². The second-order valence-electron chi connectivity index (χ2n) is 7.52. The largest absolute Gasteiger partial charge is 0.387 e. The van der Waals surface area contributed by atoms with Gasteiger partial charge in [-0.15, -0.1) is 0 Å². The summed E-state index contributed by atoms with van der Waals surface area (Å²) in [6.45, 7) is 0.879. The van der Waals surface area contributed by atoms with E-state index < -0.39 is 6.10 Å². The molecule has 5 rings (SSSR count). The lowest BCUT2D eigenvalue weighted by molar-refractivity contribution is 0.176. The number of nitrogens with one attached hydrogen (secondary N) is 3. The number of anilines is 3. The zero-order valence-electron chi connectivity index (χ0n) is 16.2. The average Bonchev–Trinajstić information content (AvgIpc) is 3.34. The number of aromatic amines is 1. The molecule has 2 heterocycles. The van der Waals surface area contributed by atoms with Crippen molar-refractivity contribution in [2.45, 2.75) is 25.4 Å². The van der Waals surface area contributed by atoms with E-state index in [-0.39, 0.29) is 0 Å². The molecule has 1 aliphatic carbocycles. The summed E-state index contributed by atoms with van der Waals surface area (Å²) in [7, 11) is 0. The molecule has 2 aromatic carbocycles. The molecule has 0 bridgehead atoms. The third-order valence-corrected chi connectivity index (χ3v) is 5.63. The third-order valence-electron chi connectivity index (χ3n) is 5.63. The second kappa shape index (κ2) is 7.60. The molecule has 5 nitrogen and oxygen atoms in total. The number of benzene rings is 2. The van der Waals surface area contributed by atoms with Gasteiger partial charge in [-0.1, -0.05) is 18.2 Å². The van der Waals surface area contributed by atoms with Gasteiger partial charge in [0.05, 0.1) is 11.8 Å². The van der Waals surface area contributed by atoms with E-state index in [4.69, 9.17) is 0 Å². The summed E-state index contributed by atoms with van der Waals surface area (Å²) >= 11 is 0. The lowest BCUT2D eigenvalue weighted by atomic mass is 10.1. The molecule has 146 valence electrons. The molecule has 4 aromatic rings. The number of hydrogen-bond acceptors (Lipinski definition) is 4. The van der Waals surface area contributed by atoms with Gasteiger partial charge in [-0.2, -0.15) is 0 Å². The highest BCUT2D eigenvalue weighted by Crippen LogP contribution is 2.35. The maximum atomic E-state index is 10.0. The fraction of sp³-hybridized carbons (Fsp3) is 0.208. The zero-order chi connectivity index (χ0) is 19.6. The number of aliphatic hydroxyl groups excluding tert-OH is 1. The monoisotopic (exact) mass is 384 g/mol. The van der Waals surface area contributed by atoms with Crippen molar-refractivity contribution >= 4 is 28.0 Å². The van der Waals surface area contributed by atoms with Crippen LogP contribution in [0.5, 0.6) is 0 Å². The van der Waals surface area contributed by atoms with Crippen molar-refractivity contribution in [2.24, 2.45) is 0 Å². The molecule has 0 radical (unpaired) electrons. The van der Waals surface area contributed by atoms with Gasteiger partial charge in [-0.25, -0.2) is 0 Å². The van der Waals surface area contributed by atoms with Crippen molar-refractivity contribution in [3.05, 3.63) is 83.8 Å². The van der Waals surface area contributed by atoms with Gasteiger partial charge in [0.15, 0.2) is 0 Å². The van der Waals surface area contributed by atoms with E-state index in [9.17, 15) is 5.11 Å². The summed E-state index contributed by atoms with van der Waals surface area (Å²) in [5, 5.41) is 18.3. The minimum atomic E-state index is -0.435. The highest BCUT2D eigenvalue weighted by molar-refractivity contribution is 5.83. The quantitative estimate of drug-likeness (QED) is 0.380. The van der Waals surface area contributed by atoms with Crippen LogP contribution in [0.1, 0.15) is 29.3 Å². The summed E-state index contributed by atoms with van der Waals surface area (Å²) in [6.07, 6.45) is 6.01. The number of para-hydroxylation sites is 1. The third kappa shape index (κ3) is 3.57. The molecule has 4 N–H and O–H groups in total. The average molecular weight is 384 g/mol. The van der Waals surface area contributed by atoms with Crippen molar-refractivity contribution in [1.82, 2.24) is 9.97 Å². The molecular weight excluding hydrogens is 360 g/mol. The molecule has 0 spiro atoms. The smallest absolute Gasteiger partial charge is 0.0966 e. The van der Waals surface area contributed by atoms with Gasteiger partial charge < -0.3 is 20.7 Å². The molecule has 0 unspecified atom stereocenters. The van der Waals surface area contributed by atoms with Crippen molar-refractivity contribution in [3.63, 3.8) is 0 Å². The van der Waals surface area contributed by atoms with E-state index in [1.807, 2.05) is 6.07 Å². The number of fused-ring (bicyclic) bond motifs is 2. The Kier molecular flexibility index (Phi) is 4.66. The highest BCUT2D eigenvalue weighted by Gasteiger charge is 2.24. The van der Waals surface area contributed by atoms with Crippen molar-refractivity contribution in [2.75, 3.05) is 17.2 Å². The first-order chi connectivity index (χ1) is 14.3. The Hall–Kier alpha value is -3.31. The van der Waals surface area contributed by atoms with Crippen LogP contribution in [-0.4, -0.2) is 21.6 Å². The Morgan fingerprint density at radius 2 is 1.86 bits per heavy atom. The Labute approximate surface area is 169 Å². The molecule has 5 heteroatoms. The summed E-state index contributed by atoms with van der Waals surface area (Å²) in [5.74, 6) is 0. The van der Waals surface area contributed by atoms with E-state index in [0.717, 1.165) is 54.1 Å². The fourth-order valence-electron chi connectivity index (χ4n) is 4.10. The normalized spacial score (nSPS) is 15.4. The molecule has 2 aromatic heterocycles. The number of aromatic nitrogens is 2. The fourth-order valence-corrected chi connectivity index (χ4v) is 4.10. The van der Waals surface area contributed by atoms with Crippen LogP contribution in [0.2, 0.25) is 0 Å². The van der Waals surface area contributed by atoms with Gasteiger partial charge in [-0.05, 0) is 66.8 Å². The van der Waals surface area contributed by atoms with Crippen LogP contribution < -0.4 is 10.6 Å². The number of rotatable bonds is 6. The van der Waals surface area contributed by atoms with E-state index >= 15 is 0 Å². The molecular formula is C24H24N4O. The summed E-state index contributed by atoms with van der Waals surface area (Å²) in [4.78, 5) is 7.66. The minimum absolute atomic E-state index is 0.435. The number of pyridine rings is 1. The van der Waals surface area contributed by atoms with Crippen LogP contribution in [0.4, 0.5) is 17.1 Å². The van der Waals surface area contributed by atoms with Gasteiger partial charge >= 0.3 is 0 Å². The minimum Gasteiger partial charge on any atom is -0.387 e. The number of hydrogen-bond donors (Lipinski definition) is 4. The molecule has 29 heavy (non-hydrogen) atoms. The SMILES string of the molecule is O[C@H]1CCc2c(Nc3ccc(NCCc4c[nH]c5ccccc45)cc3)ccnc21. The van der Waals surface area contributed by atoms with Crippen molar-refractivity contribution in [1.29, 1.82) is 0 Å². The molecule has 0 saturated carbocycles. The summed E-state index contributed by atoms with van der Waals surface area (Å²) in [5.41, 5.74) is 7.62. The topological polar surface area (TPSA) is 73.0 Å². The van der Waals surface area contributed by atoms with Crippen molar-refractivity contribution in [3.8, 4) is 0 Å². The van der Waals surface area contributed by atoms with Gasteiger partial charge in [-0.3, -0.25) is 4.98 Å². The number of nitrogens with zero attached hydrogens (tertiary/aromatic N) is 1. The lowest BCUT2D eigenvalue weighted by Gasteiger charge is -2.12. The van der Waals surface area contributed by atoms with E-state index in [2.05, 4.69) is 75.3 Å². The van der Waals surface area contributed by atoms with Crippen molar-refractivity contribution < 1.29 is 5.11 Å². The molecule has 0 fully saturated rings. The van der Waals surface area contributed by atoms with Gasteiger partial charge in [0.25, 0.3) is 0 Å². The molecule has 0 amide bonds. The first-order valence-corrected chi connectivity index (χ1v) is 10.1. The molecule has 0 saturated heterocycles.